The van der Waals surface area contributed by atoms with E-state index in [1.165, 1.54) is 18.2 Å². The fraction of sp³-hybridized carbons (Fsp3) is 0.457. The molecule has 11 heteroatoms. The van der Waals surface area contributed by atoms with Gasteiger partial charge in [-0.2, -0.15) is 9.97 Å². The summed E-state index contributed by atoms with van der Waals surface area (Å²) in [5, 5.41) is 15.2. The van der Waals surface area contributed by atoms with E-state index in [0.717, 1.165) is 71.6 Å². The molecule has 1 saturated carbocycles. The van der Waals surface area contributed by atoms with Gasteiger partial charge in [0, 0.05) is 72.9 Å². The van der Waals surface area contributed by atoms with Crippen molar-refractivity contribution in [3.63, 3.8) is 0 Å². The van der Waals surface area contributed by atoms with Crippen LogP contribution in [0.2, 0.25) is 0 Å². The molecular formula is C35H36F2N6O3. The number of phenols is 1. The predicted molar refractivity (Wildman–Crippen MR) is 171 cm³/mol. The van der Waals surface area contributed by atoms with Crippen LogP contribution in [0.1, 0.15) is 36.8 Å². The highest BCUT2D eigenvalue weighted by Gasteiger charge is 2.45. The number of phenolic OH excluding ortho intramolecular Hbond substituents is 1. The summed E-state index contributed by atoms with van der Waals surface area (Å²) in [6, 6.07) is 6.67. The third-order valence-electron chi connectivity index (χ3n) is 10.0. The molecular weight excluding hydrogens is 590 g/mol. The number of nitrogens with zero attached hydrogens (tertiary/aromatic N) is 5. The molecule has 2 unspecified atom stereocenters. The summed E-state index contributed by atoms with van der Waals surface area (Å²) in [6.07, 6.45) is 11.6. The molecule has 9 nitrogen and oxygen atoms in total. The first-order chi connectivity index (χ1) is 22.4. The van der Waals surface area contributed by atoms with Crippen molar-refractivity contribution in [2.45, 2.75) is 44.4 Å². The predicted octanol–water partition coefficient (Wildman–Crippen LogP) is 4.57. The Morgan fingerprint density at radius 1 is 1.09 bits per heavy atom. The van der Waals surface area contributed by atoms with Crippen molar-refractivity contribution in [2.24, 2.45) is 5.41 Å². The number of fused-ring (bicyclic) bond motifs is 4. The Kier molecular flexibility index (Phi) is 7.39. The maximum absolute atomic E-state index is 15.3. The van der Waals surface area contributed by atoms with Gasteiger partial charge in [0.05, 0.1) is 25.4 Å². The summed E-state index contributed by atoms with van der Waals surface area (Å²) in [7, 11) is 0. The van der Waals surface area contributed by atoms with E-state index in [0.29, 0.717) is 57.4 Å². The number of aromatic nitrogens is 3. The molecule has 0 spiro atoms. The first-order valence-electron chi connectivity index (χ1n) is 16.1. The number of ether oxygens (including phenoxy) is 2. The number of pyridine rings is 1. The number of nitrogens with one attached hydrogen (secondary N) is 1. The number of benzene rings is 2. The molecule has 3 saturated heterocycles. The lowest BCUT2D eigenvalue weighted by Crippen LogP contribution is -2.51. The summed E-state index contributed by atoms with van der Waals surface area (Å²) in [4.78, 5) is 19.1. The quantitative estimate of drug-likeness (QED) is 0.273. The Morgan fingerprint density at radius 3 is 2.59 bits per heavy atom. The summed E-state index contributed by atoms with van der Waals surface area (Å²) in [6.45, 7) is 5.31. The van der Waals surface area contributed by atoms with Crippen LogP contribution in [-0.2, 0) is 11.4 Å². The van der Waals surface area contributed by atoms with Crippen LogP contribution in [0, 0.1) is 23.6 Å². The lowest BCUT2D eigenvalue weighted by atomic mass is 9.92. The summed E-state index contributed by atoms with van der Waals surface area (Å²) in [5.41, 5.74) is 1.89. The number of halogens is 2. The van der Waals surface area contributed by atoms with Crippen molar-refractivity contribution in [1.29, 1.82) is 0 Å². The molecule has 2 bridgehead atoms. The molecule has 2 atom stereocenters. The number of anilines is 1. The van der Waals surface area contributed by atoms with Crippen LogP contribution in [0.15, 0.2) is 30.5 Å². The molecule has 3 aliphatic heterocycles. The number of hydrogen-bond acceptors (Lipinski definition) is 9. The van der Waals surface area contributed by atoms with E-state index in [9.17, 15) is 9.50 Å². The SMILES string of the molecule is C#Cc1c(F)ccc2cc(O)cc(-c3cnc4c(N5CC6CCC(C5)N6)nc(OCC5(CN6CCOCC6)CC5)nc4c3CF)c12. The largest absolute Gasteiger partial charge is 0.508 e. The van der Waals surface area contributed by atoms with E-state index in [1.807, 2.05) is 0 Å². The lowest BCUT2D eigenvalue weighted by molar-refractivity contribution is 0.0231. The van der Waals surface area contributed by atoms with Gasteiger partial charge < -0.3 is 24.8 Å². The highest BCUT2D eigenvalue weighted by atomic mass is 19.1. The van der Waals surface area contributed by atoms with E-state index in [1.54, 1.807) is 12.3 Å². The van der Waals surface area contributed by atoms with Gasteiger partial charge in [0.25, 0.3) is 0 Å². The minimum atomic E-state index is -0.879. The molecule has 1 aliphatic carbocycles. The molecule has 4 fully saturated rings. The molecule has 46 heavy (non-hydrogen) atoms. The number of hydrogen-bond donors (Lipinski definition) is 2. The highest BCUT2D eigenvalue weighted by Crippen LogP contribution is 2.47. The average molecular weight is 627 g/mol. The van der Waals surface area contributed by atoms with Crippen LogP contribution in [-0.4, -0.2) is 89.6 Å². The second-order valence-electron chi connectivity index (χ2n) is 13.2. The van der Waals surface area contributed by atoms with Crippen molar-refractivity contribution in [2.75, 3.05) is 57.4 Å². The van der Waals surface area contributed by atoms with Crippen molar-refractivity contribution >= 4 is 27.6 Å². The molecule has 238 valence electrons. The van der Waals surface area contributed by atoms with Crippen molar-refractivity contribution in [3.8, 4) is 35.2 Å². The first kappa shape index (κ1) is 29.3. The lowest BCUT2D eigenvalue weighted by Gasteiger charge is -2.34. The van der Waals surface area contributed by atoms with Crippen molar-refractivity contribution in [1.82, 2.24) is 25.2 Å². The maximum Gasteiger partial charge on any atom is 0.319 e. The summed E-state index contributed by atoms with van der Waals surface area (Å²) in [5.74, 6) is 2.44. The van der Waals surface area contributed by atoms with Gasteiger partial charge in [0.2, 0.25) is 0 Å². The Labute approximate surface area is 265 Å². The number of piperazine rings is 1. The molecule has 4 aliphatic rings. The third kappa shape index (κ3) is 5.28. The van der Waals surface area contributed by atoms with Gasteiger partial charge >= 0.3 is 6.01 Å². The van der Waals surface area contributed by atoms with Gasteiger partial charge in [0.1, 0.15) is 29.3 Å². The normalized spacial score (nSPS) is 22.3. The Hall–Kier alpha value is -4.11. The first-order valence-corrected chi connectivity index (χ1v) is 16.1. The van der Waals surface area contributed by atoms with Gasteiger partial charge in [-0.3, -0.25) is 9.88 Å². The average Bonchev–Trinajstić information content (AvgIpc) is 3.76. The van der Waals surface area contributed by atoms with Crippen LogP contribution in [0.25, 0.3) is 32.9 Å². The fourth-order valence-corrected chi connectivity index (χ4v) is 7.46. The topological polar surface area (TPSA) is 95.9 Å². The number of aromatic hydroxyl groups is 1. The molecule has 5 heterocycles. The zero-order valence-corrected chi connectivity index (χ0v) is 25.6. The summed E-state index contributed by atoms with van der Waals surface area (Å²) >= 11 is 0. The molecule has 2 N–H and O–H groups in total. The van der Waals surface area contributed by atoms with E-state index in [4.69, 9.17) is 30.8 Å². The van der Waals surface area contributed by atoms with E-state index < -0.39 is 12.5 Å². The standard InChI is InChI=1S/C35H36F2N6O3/c1-2-25-29(37)6-3-21-13-24(44)14-26(30(21)25)28-16-38-32-31(27(28)15-36)40-34(41-33(32)43-17-22-4-5-23(18-43)39-22)46-20-35(7-8-35)19-42-9-11-45-12-10-42/h1,3,6,13-14,16,22-23,39,44H,4-5,7-12,15,17-20H2. The van der Waals surface area contributed by atoms with Gasteiger partial charge in [-0.1, -0.05) is 12.0 Å². The molecule has 4 aromatic rings. The molecule has 2 aromatic carbocycles. The second kappa shape index (κ2) is 11.6. The Balaban J connectivity index is 1.24. The number of terminal acetylenes is 1. The smallest absolute Gasteiger partial charge is 0.319 e. The van der Waals surface area contributed by atoms with E-state index in [2.05, 4.69) is 21.0 Å². The molecule has 8 rings (SSSR count). The minimum absolute atomic E-state index is 0.0309. The summed E-state index contributed by atoms with van der Waals surface area (Å²) < 4.78 is 42.1. The van der Waals surface area contributed by atoms with Crippen LogP contribution >= 0.6 is 0 Å². The van der Waals surface area contributed by atoms with Crippen LogP contribution < -0.4 is 15.0 Å². The highest BCUT2D eigenvalue weighted by molar-refractivity contribution is 6.04. The monoisotopic (exact) mass is 626 g/mol. The van der Waals surface area contributed by atoms with Gasteiger partial charge in [-0.05, 0) is 54.8 Å². The maximum atomic E-state index is 15.3. The van der Waals surface area contributed by atoms with Crippen LogP contribution in [0.5, 0.6) is 11.8 Å². The number of rotatable bonds is 8. The van der Waals surface area contributed by atoms with Crippen molar-refractivity contribution in [3.05, 3.63) is 47.4 Å². The third-order valence-corrected chi connectivity index (χ3v) is 10.0. The molecule has 0 amide bonds. The van der Waals surface area contributed by atoms with Crippen molar-refractivity contribution < 1.29 is 23.4 Å². The molecule has 2 aromatic heterocycles. The van der Waals surface area contributed by atoms with Gasteiger partial charge in [-0.15, -0.1) is 6.42 Å². The Bertz CT molecular complexity index is 1860. The fourth-order valence-electron chi connectivity index (χ4n) is 7.46. The van der Waals surface area contributed by atoms with Crippen LogP contribution in [0.3, 0.4) is 0 Å². The number of alkyl halides is 1. The molecule has 0 radical (unpaired) electrons. The Morgan fingerprint density at radius 2 is 1.87 bits per heavy atom. The zero-order valence-electron chi connectivity index (χ0n) is 25.6. The van der Waals surface area contributed by atoms with E-state index in [-0.39, 0.29) is 28.3 Å². The number of morpholine rings is 1. The second-order valence-corrected chi connectivity index (χ2v) is 13.2. The van der Waals surface area contributed by atoms with Crippen LogP contribution in [0.4, 0.5) is 14.6 Å². The van der Waals surface area contributed by atoms with Gasteiger partial charge in [0.15, 0.2) is 5.82 Å². The van der Waals surface area contributed by atoms with Gasteiger partial charge in [-0.25, -0.2) is 8.78 Å². The zero-order chi connectivity index (χ0) is 31.4. The minimum Gasteiger partial charge on any atom is -0.508 e. The van der Waals surface area contributed by atoms with E-state index >= 15 is 4.39 Å².